The summed E-state index contributed by atoms with van der Waals surface area (Å²) in [5, 5.41) is 0.356. The van der Waals surface area contributed by atoms with Gasteiger partial charge in [0.2, 0.25) is 0 Å². The van der Waals surface area contributed by atoms with E-state index in [1.54, 1.807) is 24.3 Å². The fraction of sp³-hybridized carbons (Fsp3) is 0.143. The number of pyridine rings is 1. The molecular weight excluding hydrogens is 334 g/mol. The van der Waals surface area contributed by atoms with Gasteiger partial charge in [0.05, 0.1) is 11.8 Å². The Hall–Kier alpha value is -2.65. The molecule has 0 bridgehead atoms. The number of hydrogen-bond acceptors (Lipinski definition) is 3. The highest BCUT2D eigenvalue weighted by molar-refractivity contribution is 6.29. The monoisotopic (exact) mass is 351 g/mol. The first kappa shape index (κ1) is 17.2. The van der Waals surface area contributed by atoms with Gasteiger partial charge in [-0.2, -0.15) is 0 Å². The molecule has 3 nitrogen and oxygen atoms in total. The van der Waals surface area contributed by atoms with Crippen LogP contribution in [-0.2, 0) is 6.42 Å². The van der Waals surface area contributed by atoms with E-state index in [-0.39, 0.29) is 0 Å². The SMILES string of the molecule is CCCc1ccc(-c2ccc(C(=O)Oc3ccc(Cl)nc3)cc2)cc1. The third-order valence-corrected chi connectivity index (χ3v) is 4.08. The fourth-order valence-corrected chi connectivity index (χ4v) is 2.65. The standard InChI is InChI=1S/C21H18ClNO2/c1-2-3-15-4-6-16(7-5-15)17-8-10-18(11-9-17)21(24)25-19-12-13-20(22)23-14-19/h4-14H,2-3H2,1H3. The zero-order valence-corrected chi connectivity index (χ0v) is 14.7. The maximum atomic E-state index is 12.2. The molecule has 1 heterocycles. The minimum atomic E-state index is -0.422. The zero-order chi connectivity index (χ0) is 17.6. The molecule has 0 amide bonds. The lowest BCUT2D eigenvalue weighted by Gasteiger charge is -2.06. The summed E-state index contributed by atoms with van der Waals surface area (Å²) in [5.41, 5.74) is 4.01. The predicted molar refractivity (Wildman–Crippen MR) is 100 cm³/mol. The molecule has 0 fully saturated rings. The largest absolute Gasteiger partial charge is 0.421 e. The van der Waals surface area contributed by atoms with Crippen molar-refractivity contribution in [2.24, 2.45) is 0 Å². The summed E-state index contributed by atoms with van der Waals surface area (Å²) in [7, 11) is 0. The van der Waals surface area contributed by atoms with Gasteiger partial charge in [-0.25, -0.2) is 9.78 Å². The lowest BCUT2D eigenvalue weighted by atomic mass is 10.0. The van der Waals surface area contributed by atoms with Gasteiger partial charge in [-0.15, -0.1) is 0 Å². The highest BCUT2D eigenvalue weighted by Gasteiger charge is 2.09. The molecule has 0 saturated heterocycles. The number of nitrogens with zero attached hydrogens (tertiary/aromatic N) is 1. The van der Waals surface area contributed by atoms with Gasteiger partial charge in [0.1, 0.15) is 10.9 Å². The predicted octanol–water partition coefficient (Wildman–Crippen LogP) is 5.57. The average Bonchev–Trinajstić information content (AvgIpc) is 2.65. The molecule has 2 aromatic carbocycles. The number of esters is 1. The molecule has 0 spiro atoms. The number of aryl methyl sites for hydroxylation is 1. The summed E-state index contributed by atoms with van der Waals surface area (Å²) in [5.74, 6) is -0.0565. The molecule has 126 valence electrons. The van der Waals surface area contributed by atoms with Crippen LogP contribution in [0.2, 0.25) is 5.15 Å². The van der Waals surface area contributed by atoms with Crippen molar-refractivity contribution in [3.8, 4) is 16.9 Å². The second-order valence-corrected chi connectivity index (χ2v) is 6.12. The van der Waals surface area contributed by atoms with Crippen LogP contribution < -0.4 is 4.74 Å². The van der Waals surface area contributed by atoms with E-state index in [1.807, 2.05) is 12.1 Å². The topological polar surface area (TPSA) is 39.2 Å². The summed E-state index contributed by atoms with van der Waals surface area (Å²) in [6, 6.07) is 19.1. The third kappa shape index (κ3) is 4.46. The Balaban J connectivity index is 1.70. The number of hydrogen-bond donors (Lipinski definition) is 0. The van der Waals surface area contributed by atoms with Crippen LogP contribution in [-0.4, -0.2) is 11.0 Å². The third-order valence-electron chi connectivity index (χ3n) is 3.86. The minimum absolute atomic E-state index is 0.356. The van der Waals surface area contributed by atoms with Crippen molar-refractivity contribution >= 4 is 17.6 Å². The summed E-state index contributed by atoms with van der Waals surface area (Å²) in [4.78, 5) is 16.1. The number of halogens is 1. The lowest BCUT2D eigenvalue weighted by molar-refractivity contribution is 0.0734. The Morgan fingerprint density at radius 1 is 0.960 bits per heavy atom. The molecule has 3 aromatic rings. The molecule has 4 heteroatoms. The average molecular weight is 352 g/mol. The first-order valence-corrected chi connectivity index (χ1v) is 8.56. The lowest BCUT2D eigenvalue weighted by Crippen LogP contribution is -2.08. The molecule has 0 aliphatic heterocycles. The Kier molecular flexibility index (Phi) is 5.46. The van der Waals surface area contributed by atoms with E-state index >= 15 is 0 Å². The van der Waals surface area contributed by atoms with Gasteiger partial charge in [0, 0.05) is 0 Å². The number of benzene rings is 2. The van der Waals surface area contributed by atoms with E-state index < -0.39 is 5.97 Å². The molecule has 3 rings (SSSR count). The molecule has 0 N–H and O–H groups in total. The van der Waals surface area contributed by atoms with E-state index in [1.165, 1.54) is 11.8 Å². The van der Waals surface area contributed by atoms with E-state index in [0.717, 1.165) is 24.0 Å². The molecule has 1 aromatic heterocycles. The van der Waals surface area contributed by atoms with Crippen LogP contribution in [0.4, 0.5) is 0 Å². The van der Waals surface area contributed by atoms with Gasteiger partial charge >= 0.3 is 5.97 Å². The van der Waals surface area contributed by atoms with Crippen molar-refractivity contribution in [2.75, 3.05) is 0 Å². The smallest absolute Gasteiger partial charge is 0.343 e. The maximum absolute atomic E-state index is 12.2. The van der Waals surface area contributed by atoms with Gasteiger partial charge in [-0.05, 0) is 47.4 Å². The van der Waals surface area contributed by atoms with Gasteiger partial charge in [0.15, 0.2) is 0 Å². The van der Waals surface area contributed by atoms with Crippen LogP contribution in [0.25, 0.3) is 11.1 Å². The minimum Gasteiger partial charge on any atom is -0.421 e. The Morgan fingerprint density at radius 2 is 1.60 bits per heavy atom. The van der Waals surface area contributed by atoms with Crippen molar-refractivity contribution in [1.82, 2.24) is 4.98 Å². The highest BCUT2D eigenvalue weighted by Crippen LogP contribution is 2.22. The van der Waals surface area contributed by atoms with E-state index in [9.17, 15) is 4.79 Å². The van der Waals surface area contributed by atoms with Crippen molar-refractivity contribution in [3.05, 3.63) is 83.1 Å². The summed E-state index contributed by atoms with van der Waals surface area (Å²) in [6.07, 6.45) is 3.65. The number of carbonyl (C=O) groups is 1. The number of rotatable bonds is 5. The van der Waals surface area contributed by atoms with Crippen LogP contribution in [0.3, 0.4) is 0 Å². The molecule has 0 atom stereocenters. The fourth-order valence-electron chi connectivity index (χ4n) is 2.54. The highest BCUT2D eigenvalue weighted by atomic mass is 35.5. The van der Waals surface area contributed by atoms with Gasteiger partial charge in [0.25, 0.3) is 0 Å². The molecule has 0 aliphatic rings. The van der Waals surface area contributed by atoms with E-state index in [2.05, 4.69) is 36.2 Å². The number of aromatic nitrogens is 1. The van der Waals surface area contributed by atoms with Gasteiger partial charge < -0.3 is 4.74 Å². The number of ether oxygens (including phenoxy) is 1. The zero-order valence-electron chi connectivity index (χ0n) is 13.9. The van der Waals surface area contributed by atoms with Crippen LogP contribution in [0.1, 0.15) is 29.3 Å². The molecule has 25 heavy (non-hydrogen) atoms. The molecule has 0 unspecified atom stereocenters. The first-order valence-electron chi connectivity index (χ1n) is 8.19. The second kappa shape index (κ2) is 7.95. The Morgan fingerprint density at radius 3 is 2.16 bits per heavy atom. The van der Waals surface area contributed by atoms with Crippen molar-refractivity contribution in [3.63, 3.8) is 0 Å². The van der Waals surface area contributed by atoms with Crippen LogP contribution in [0.5, 0.6) is 5.75 Å². The van der Waals surface area contributed by atoms with Crippen molar-refractivity contribution in [2.45, 2.75) is 19.8 Å². The van der Waals surface area contributed by atoms with E-state index in [4.69, 9.17) is 16.3 Å². The van der Waals surface area contributed by atoms with Crippen molar-refractivity contribution < 1.29 is 9.53 Å². The Bertz CT molecular complexity index is 841. The molecule has 0 saturated carbocycles. The first-order chi connectivity index (χ1) is 12.2. The van der Waals surface area contributed by atoms with Crippen LogP contribution in [0.15, 0.2) is 66.9 Å². The molecular formula is C21H18ClNO2. The summed E-state index contributed by atoms with van der Waals surface area (Å²) >= 11 is 5.72. The second-order valence-electron chi connectivity index (χ2n) is 5.73. The van der Waals surface area contributed by atoms with Gasteiger partial charge in [-0.1, -0.05) is 61.3 Å². The quantitative estimate of drug-likeness (QED) is 0.445. The van der Waals surface area contributed by atoms with Crippen LogP contribution in [0, 0.1) is 0 Å². The van der Waals surface area contributed by atoms with Crippen molar-refractivity contribution in [1.29, 1.82) is 0 Å². The molecule has 0 aliphatic carbocycles. The Labute approximate surface area is 152 Å². The normalized spacial score (nSPS) is 10.5. The van der Waals surface area contributed by atoms with Crippen LogP contribution >= 0.6 is 11.6 Å². The van der Waals surface area contributed by atoms with Gasteiger partial charge in [-0.3, -0.25) is 0 Å². The number of carbonyl (C=O) groups excluding carboxylic acids is 1. The molecule has 0 radical (unpaired) electrons. The summed E-state index contributed by atoms with van der Waals surface area (Å²) < 4.78 is 5.28. The van der Waals surface area contributed by atoms with E-state index in [0.29, 0.717) is 16.5 Å². The maximum Gasteiger partial charge on any atom is 0.343 e. The summed E-state index contributed by atoms with van der Waals surface area (Å²) in [6.45, 7) is 2.17.